The fourth-order valence-corrected chi connectivity index (χ4v) is 4.29. The van der Waals surface area contributed by atoms with Gasteiger partial charge in [0.15, 0.2) is 0 Å². The Labute approximate surface area is 221 Å². The van der Waals surface area contributed by atoms with E-state index in [4.69, 9.17) is 11.5 Å². The van der Waals surface area contributed by atoms with Gasteiger partial charge >= 0.3 is 0 Å². The van der Waals surface area contributed by atoms with Crippen LogP contribution < -0.4 is 21.3 Å². The smallest absolute Gasteiger partial charge is 0.262 e. The number of carbonyl (C=O) groups excluding carboxylic acids is 2. The Balaban J connectivity index is 1.65. The second-order valence-corrected chi connectivity index (χ2v) is 8.72. The Bertz CT molecular complexity index is 1470. The number of anilines is 6. The van der Waals surface area contributed by atoms with Crippen molar-refractivity contribution < 1.29 is 9.59 Å². The summed E-state index contributed by atoms with van der Waals surface area (Å²) in [7, 11) is 0. The number of nitrogens with zero attached hydrogens (tertiary/aromatic N) is 2. The second-order valence-electron chi connectivity index (χ2n) is 8.72. The number of nitrogens with two attached hydrogens (primary N) is 2. The van der Waals surface area contributed by atoms with Gasteiger partial charge in [-0.05, 0) is 78.9 Å². The number of hydrogen-bond donors (Lipinski definition) is 2. The van der Waals surface area contributed by atoms with E-state index in [2.05, 4.69) is 0 Å². The largest absolute Gasteiger partial charge is 0.399 e. The molecule has 2 amide bonds. The van der Waals surface area contributed by atoms with E-state index >= 15 is 0 Å². The molecule has 0 aliphatic heterocycles. The van der Waals surface area contributed by atoms with Crippen LogP contribution >= 0.6 is 0 Å². The van der Waals surface area contributed by atoms with Crippen LogP contribution in [0.5, 0.6) is 0 Å². The number of benzene rings is 5. The Morgan fingerprint density at radius 1 is 0.421 bits per heavy atom. The number of rotatable bonds is 6. The summed E-state index contributed by atoms with van der Waals surface area (Å²) in [6.07, 6.45) is 0. The van der Waals surface area contributed by atoms with E-state index in [9.17, 15) is 9.59 Å². The summed E-state index contributed by atoms with van der Waals surface area (Å²) in [4.78, 5) is 30.8. The topological polar surface area (TPSA) is 92.7 Å². The molecule has 0 aliphatic carbocycles. The van der Waals surface area contributed by atoms with Crippen LogP contribution in [0.3, 0.4) is 0 Å². The van der Waals surface area contributed by atoms with Gasteiger partial charge in [0.2, 0.25) is 0 Å². The summed E-state index contributed by atoms with van der Waals surface area (Å²) in [5.74, 6) is -0.448. The maximum Gasteiger partial charge on any atom is 0.262 e. The molecule has 0 fully saturated rings. The highest BCUT2D eigenvalue weighted by Gasteiger charge is 2.24. The van der Waals surface area contributed by atoms with E-state index in [1.165, 1.54) is 0 Å². The molecule has 5 aromatic carbocycles. The predicted octanol–water partition coefficient (Wildman–Crippen LogP) is 6.81. The zero-order chi connectivity index (χ0) is 26.5. The van der Waals surface area contributed by atoms with Gasteiger partial charge in [-0.25, -0.2) is 0 Å². The maximum atomic E-state index is 13.8. The normalized spacial score (nSPS) is 10.5. The average molecular weight is 499 g/mol. The summed E-state index contributed by atoms with van der Waals surface area (Å²) in [6, 6.07) is 39.7. The van der Waals surface area contributed by atoms with Crippen LogP contribution in [-0.2, 0) is 0 Å². The highest BCUT2D eigenvalue weighted by atomic mass is 16.2. The predicted molar refractivity (Wildman–Crippen MR) is 154 cm³/mol. The van der Waals surface area contributed by atoms with Crippen molar-refractivity contribution >= 4 is 45.9 Å². The van der Waals surface area contributed by atoms with Gasteiger partial charge in [-0.3, -0.25) is 19.4 Å². The molecule has 186 valence electrons. The fraction of sp³-hybridized carbons (Fsp3) is 0. The Kier molecular flexibility index (Phi) is 6.87. The Hall–Kier alpha value is -5.36. The third-order valence-electron chi connectivity index (χ3n) is 6.05. The lowest BCUT2D eigenvalue weighted by atomic mass is 10.1. The Morgan fingerprint density at radius 2 is 0.763 bits per heavy atom. The summed E-state index contributed by atoms with van der Waals surface area (Å²) in [5, 5.41) is 0. The van der Waals surface area contributed by atoms with Crippen molar-refractivity contribution in [3.63, 3.8) is 0 Å². The fourth-order valence-electron chi connectivity index (χ4n) is 4.29. The van der Waals surface area contributed by atoms with Crippen molar-refractivity contribution in [1.29, 1.82) is 0 Å². The van der Waals surface area contributed by atoms with E-state index < -0.39 is 0 Å². The van der Waals surface area contributed by atoms with E-state index in [0.717, 1.165) is 0 Å². The summed E-state index contributed by atoms with van der Waals surface area (Å²) < 4.78 is 0. The number of hydrogen-bond acceptors (Lipinski definition) is 4. The van der Waals surface area contributed by atoms with Gasteiger partial charge in [0.05, 0.1) is 22.7 Å². The number of amides is 2. The van der Waals surface area contributed by atoms with Gasteiger partial charge in [-0.15, -0.1) is 0 Å². The van der Waals surface area contributed by atoms with Crippen molar-refractivity contribution in [3.05, 3.63) is 145 Å². The molecular formula is C32H26N4O2. The van der Waals surface area contributed by atoms with E-state index in [1.54, 1.807) is 70.5 Å². The molecule has 5 aromatic rings. The van der Waals surface area contributed by atoms with Crippen LogP contribution in [0.4, 0.5) is 34.1 Å². The molecule has 0 unspecified atom stereocenters. The van der Waals surface area contributed by atoms with Crippen LogP contribution in [0, 0.1) is 0 Å². The molecule has 0 saturated heterocycles. The van der Waals surface area contributed by atoms with E-state index in [0.29, 0.717) is 45.3 Å². The zero-order valence-electron chi connectivity index (χ0n) is 20.6. The average Bonchev–Trinajstić information content (AvgIpc) is 2.95. The second kappa shape index (κ2) is 10.7. The molecule has 0 atom stereocenters. The lowest BCUT2D eigenvalue weighted by molar-refractivity contribution is 0.0992. The van der Waals surface area contributed by atoms with Crippen molar-refractivity contribution in [3.8, 4) is 0 Å². The van der Waals surface area contributed by atoms with Crippen LogP contribution in [0.25, 0.3) is 0 Å². The molecule has 5 rings (SSSR count). The first-order valence-electron chi connectivity index (χ1n) is 12.1. The molecule has 38 heavy (non-hydrogen) atoms. The van der Waals surface area contributed by atoms with Crippen LogP contribution in [0.15, 0.2) is 133 Å². The van der Waals surface area contributed by atoms with Gasteiger partial charge in [-0.1, -0.05) is 54.6 Å². The van der Waals surface area contributed by atoms with Crippen molar-refractivity contribution in [2.45, 2.75) is 0 Å². The van der Waals surface area contributed by atoms with Gasteiger partial charge in [0, 0.05) is 22.5 Å². The zero-order valence-corrected chi connectivity index (χ0v) is 20.6. The molecule has 0 radical (unpaired) electrons. The van der Waals surface area contributed by atoms with Crippen LogP contribution in [0.2, 0.25) is 0 Å². The highest BCUT2D eigenvalue weighted by molar-refractivity contribution is 6.13. The SMILES string of the molecule is Nc1cccc(N(C(=O)c2ccccc2)c2cccc(N(C(=O)c3ccccc3)c3cccc(N)c3)c2)c1. The third kappa shape index (κ3) is 5.10. The van der Waals surface area contributed by atoms with Gasteiger partial charge < -0.3 is 11.5 Å². The number of nitrogen functional groups attached to an aromatic ring is 2. The van der Waals surface area contributed by atoms with Crippen molar-refractivity contribution in [2.75, 3.05) is 21.3 Å². The van der Waals surface area contributed by atoms with Crippen molar-refractivity contribution in [2.24, 2.45) is 0 Å². The highest BCUT2D eigenvalue weighted by Crippen LogP contribution is 2.35. The molecule has 0 heterocycles. The minimum atomic E-state index is -0.224. The minimum absolute atomic E-state index is 0.224. The molecule has 0 saturated carbocycles. The quantitative estimate of drug-likeness (QED) is 0.252. The lowest BCUT2D eigenvalue weighted by Crippen LogP contribution is -2.28. The molecule has 6 heteroatoms. The lowest BCUT2D eigenvalue weighted by Gasteiger charge is -2.27. The van der Waals surface area contributed by atoms with E-state index in [1.807, 2.05) is 72.8 Å². The third-order valence-corrected chi connectivity index (χ3v) is 6.05. The van der Waals surface area contributed by atoms with Crippen LogP contribution in [0.1, 0.15) is 20.7 Å². The molecule has 0 aliphatic rings. The first kappa shape index (κ1) is 24.3. The Morgan fingerprint density at radius 3 is 1.13 bits per heavy atom. The first-order valence-corrected chi connectivity index (χ1v) is 12.1. The summed E-state index contributed by atoms with van der Waals surface area (Å²) in [5.41, 5.74) is 16.7. The molecule has 6 nitrogen and oxygen atoms in total. The molecule has 0 spiro atoms. The summed E-state index contributed by atoms with van der Waals surface area (Å²) >= 11 is 0. The number of carbonyl (C=O) groups is 2. The maximum absolute atomic E-state index is 13.8. The molecule has 0 bridgehead atoms. The van der Waals surface area contributed by atoms with Crippen molar-refractivity contribution in [1.82, 2.24) is 0 Å². The first-order chi connectivity index (χ1) is 18.5. The monoisotopic (exact) mass is 498 g/mol. The standard InChI is InChI=1S/C32H26N4O2/c33-25-14-7-16-27(20-25)35(31(37)23-10-3-1-4-11-23)29-18-9-19-30(22-29)36(28-17-8-15-26(34)21-28)32(38)24-12-5-2-6-13-24/h1-22H,33-34H2. The van der Waals surface area contributed by atoms with Gasteiger partial charge in [0.25, 0.3) is 11.8 Å². The van der Waals surface area contributed by atoms with Gasteiger partial charge in [-0.2, -0.15) is 0 Å². The molecule has 0 aromatic heterocycles. The van der Waals surface area contributed by atoms with Crippen LogP contribution in [-0.4, -0.2) is 11.8 Å². The minimum Gasteiger partial charge on any atom is -0.399 e. The molecular weight excluding hydrogens is 472 g/mol. The van der Waals surface area contributed by atoms with E-state index in [-0.39, 0.29) is 11.8 Å². The summed E-state index contributed by atoms with van der Waals surface area (Å²) in [6.45, 7) is 0. The molecule has 4 N–H and O–H groups in total. The van der Waals surface area contributed by atoms with Gasteiger partial charge in [0.1, 0.15) is 0 Å².